The van der Waals surface area contributed by atoms with E-state index >= 15 is 0 Å². The van der Waals surface area contributed by atoms with Crippen molar-refractivity contribution in [1.29, 1.82) is 0 Å². The Bertz CT molecular complexity index is 519. The van der Waals surface area contributed by atoms with Crippen LogP contribution in [0, 0.1) is 0 Å². The van der Waals surface area contributed by atoms with Gasteiger partial charge in [-0.15, -0.1) is 11.6 Å². The summed E-state index contributed by atoms with van der Waals surface area (Å²) in [5, 5.41) is 0. The van der Waals surface area contributed by atoms with Gasteiger partial charge in [0.15, 0.2) is 11.5 Å². The van der Waals surface area contributed by atoms with Crippen molar-refractivity contribution >= 4 is 21.6 Å². The summed E-state index contributed by atoms with van der Waals surface area (Å²) in [6, 6.07) is 5.29. The van der Waals surface area contributed by atoms with Crippen LogP contribution in [0.15, 0.2) is 18.2 Å². The number of ether oxygens (including phenoxy) is 2. The molecular formula is C13H20ClNO4S. The van der Waals surface area contributed by atoms with Gasteiger partial charge < -0.3 is 9.47 Å². The zero-order chi connectivity index (χ0) is 15.0. The normalized spacial score (nSPS) is 11.3. The Morgan fingerprint density at radius 3 is 2.45 bits per heavy atom. The van der Waals surface area contributed by atoms with Gasteiger partial charge in [0.2, 0.25) is 10.0 Å². The Morgan fingerprint density at radius 2 is 1.85 bits per heavy atom. The average Bonchev–Trinajstić information content (AvgIpc) is 2.45. The van der Waals surface area contributed by atoms with E-state index in [1.54, 1.807) is 25.3 Å². The molecule has 0 aromatic heterocycles. The molecule has 0 bridgehead atoms. The molecule has 1 aromatic carbocycles. The lowest BCUT2D eigenvalue weighted by atomic mass is 10.2. The fourth-order valence-corrected chi connectivity index (χ4v) is 2.95. The standard InChI is InChI=1S/C13H20ClNO4S/c1-18-12-6-5-11(9-13(12)19-2)10-15-20(16,17)8-4-3-7-14/h5-6,9,15H,3-4,7-8,10H2,1-2H3. The van der Waals surface area contributed by atoms with Gasteiger partial charge in [0.05, 0.1) is 20.0 Å². The van der Waals surface area contributed by atoms with Crippen LogP contribution in [0.2, 0.25) is 0 Å². The lowest BCUT2D eigenvalue weighted by molar-refractivity contribution is 0.354. The second-order valence-corrected chi connectivity index (χ2v) is 6.53. The van der Waals surface area contributed by atoms with Crippen LogP contribution >= 0.6 is 11.6 Å². The van der Waals surface area contributed by atoms with E-state index in [9.17, 15) is 8.42 Å². The van der Waals surface area contributed by atoms with E-state index in [1.165, 1.54) is 7.11 Å². The summed E-state index contributed by atoms with van der Waals surface area (Å²) in [6.45, 7) is 0.226. The maximum absolute atomic E-state index is 11.7. The lowest BCUT2D eigenvalue weighted by Gasteiger charge is -2.10. The highest BCUT2D eigenvalue weighted by Crippen LogP contribution is 2.27. The summed E-state index contributed by atoms with van der Waals surface area (Å²) < 4.78 is 36.3. The van der Waals surface area contributed by atoms with Crippen molar-refractivity contribution in [3.05, 3.63) is 23.8 Å². The fourth-order valence-electron chi connectivity index (χ4n) is 1.64. The highest BCUT2D eigenvalue weighted by atomic mass is 35.5. The number of hydrogen-bond acceptors (Lipinski definition) is 4. The van der Waals surface area contributed by atoms with Crippen molar-refractivity contribution in [3.63, 3.8) is 0 Å². The molecule has 0 aliphatic rings. The molecule has 0 atom stereocenters. The van der Waals surface area contributed by atoms with Gasteiger partial charge in [-0.2, -0.15) is 0 Å². The SMILES string of the molecule is COc1ccc(CNS(=O)(=O)CCCCCl)cc1OC. The quantitative estimate of drug-likeness (QED) is 0.559. The molecule has 114 valence electrons. The van der Waals surface area contributed by atoms with Gasteiger partial charge in [-0.25, -0.2) is 13.1 Å². The Kier molecular flexibility index (Phi) is 7.12. The van der Waals surface area contributed by atoms with Gasteiger partial charge >= 0.3 is 0 Å². The van der Waals surface area contributed by atoms with Gasteiger partial charge in [0, 0.05) is 12.4 Å². The molecule has 0 aliphatic carbocycles. The predicted octanol–water partition coefficient (Wildman–Crippen LogP) is 2.14. The second-order valence-electron chi connectivity index (χ2n) is 4.23. The summed E-state index contributed by atoms with van der Waals surface area (Å²) in [5.41, 5.74) is 0.809. The van der Waals surface area contributed by atoms with Crippen LogP contribution in [-0.2, 0) is 16.6 Å². The van der Waals surface area contributed by atoms with Gasteiger partial charge in [-0.1, -0.05) is 6.07 Å². The molecule has 0 unspecified atom stereocenters. The maximum Gasteiger partial charge on any atom is 0.211 e. The minimum Gasteiger partial charge on any atom is -0.493 e. The third kappa shape index (κ3) is 5.56. The van der Waals surface area contributed by atoms with Crippen molar-refractivity contribution in [3.8, 4) is 11.5 Å². The number of rotatable bonds is 9. The van der Waals surface area contributed by atoms with Crippen molar-refractivity contribution in [2.45, 2.75) is 19.4 Å². The molecule has 0 spiro atoms. The summed E-state index contributed by atoms with van der Waals surface area (Å²) in [7, 11) is -0.176. The van der Waals surface area contributed by atoms with Crippen molar-refractivity contribution in [2.24, 2.45) is 0 Å². The number of nitrogens with one attached hydrogen (secondary N) is 1. The predicted molar refractivity (Wildman–Crippen MR) is 80.1 cm³/mol. The summed E-state index contributed by atoms with van der Waals surface area (Å²) >= 11 is 5.52. The molecule has 20 heavy (non-hydrogen) atoms. The van der Waals surface area contributed by atoms with E-state index < -0.39 is 10.0 Å². The number of methoxy groups -OCH3 is 2. The Hall–Kier alpha value is -0.980. The van der Waals surface area contributed by atoms with E-state index in [0.717, 1.165) is 5.56 Å². The van der Waals surface area contributed by atoms with Crippen LogP contribution in [0.4, 0.5) is 0 Å². The van der Waals surface area contributed by atoms with Crippen LogP contribution in [0.3, 0.4) is 0 Å². The Labute approximate surface area is 125 Å². The van der Waals surface area contributed by atoms with Crippen molar-refractivity contribution < 1.29 is 17.9 Å². The number of halogens is 1. The average molecular weight is 322 g/mol. The number of hydrogen-bond donors (Lipinski definition) is 1. The van der Waals surface area contributed by atoms with Crippen LogP contribution in [-0.4, -0.2) is 34.3 Å². The third-order valence-corrected chi connectivity index (χ3v) is 4.42. The maximum atomic E-state index is 11.7. The molecule has 1 aromatic rings. The first kappa shape index (κ1) is 17.1. The highest BCUT2D eigenvalue weighted by molar-refractivity contribution is 7.89. The molecule has 0 amide bonds. The molecule has 0 saturated carbocycles. The molecule has 0 saturated heterocycles. The van der Waals surface area contributed by atoms with Gasteiger partial charge in [-0.05, 0) is 30.5 Å². The van der Waals surface area contributed by atoms with E-state index in [4.69, 9.17) is 21.1 Å². The van der Waals surface area contributed by atoms with Crippen molar-refractivity contribution in [1.82, 2.24) is 4.72 Å². The minimum atomic E-state index is -3.27. The van der Waals surface area contributed by atoms with Gasteiger partial charge in [0.1, 0.15) is 0 Å². The molecular weight excluding hydrogens is 302 g/mol. The lowest BCUT2D eigenvalue weighted by Crippen LogP contribution is -2.26. The Balaban J connectivity index is 2.61. The topological polar surface area (TPSA) is 64.6 Å². The molecule has 0 aliphatic heterocycles. The largest absolute Gasteiger partial charge is 0.493 e. The summed E-state index contributed by atoms with van der Waals surface area (Å²) in [6.07, 6.45) is 1.25. The molecule has 7 heteroatoms. The van der Waals surface area contributed by atoms with Gasteiger partial charge in [-0.3, -0.25) is 0 Å². The van der Waals surface area contributed by atoms with E-state index in [2.05, 4.69) is 4.72 Å². The number of sulfonamides is 1. The summed E-state index contributed by atoms with van der Waals surface area (Å²) in [5.74, 6) is 1.76. The second kappa shape index (κ2) is 8.34. The van der Waals surface area contributed by atoms with Crippen LogP contribution in [0.25, 0.3) is 0 Å². The zero-order valence-corrected chi connectivity index (χ0v) is 13.3. The van der Waals surface area contributed by atoms with Crippen LogP contribution in [0.5, 0.6) is 11.5 Å². The van der Waals surface area contributed by atoms with Crippen molar-refractivity contribution in [2.75, 3.05) is 25.9 Å². The van der Waals surface area contributed by atoms with Crippen LogP contribution < -0.4 is 14.2 Å². The van der Waals surface area contributed by atoms with E-state index in [-0.39, 0.29) is 12.3 Å². The summed E-state index contributed by atoms with van der Waals surface area (Å²) in [4.78, 5) is 0. The van der Waals surface area contributed by atoms with E-state index in [0.29, 0.717) is 30.2 Å². The molecule has 5 nitrogen and oxygen atoms in total. The first-order chi connectivity index (χ1) is 9.52. The monoisotopic (exact) mass is 321 g/mol. The number of unbranched alkanes of at least 4 members (excludes halogenated alkanes) is 1. The first-order valence-electron chi connectivity index (χ1n) is 6.26. The fraction of sp³-hybridized carbons (Fsp3) is 0.538. The third-order valence-electron chi connectivity index (χ3n) is 2.74. The first-order valence-corrected chi connectivity index (χ1v) is 8.45. The van der Waals surface area contributed by atoms with Gasteiger partial charge in [0.25, 0.3) is 0 Å². The van der Waals surface area contributed by atoms with E-state index in [1.807, 2.05) is 0 Å². The molecule has 0 radical (unpaired) electrons. The number of alkyl halides is 1. The number of benzene rings is 1. The molecule has 1 rings (SSSR count). The highest BCUT2D eigenvalue weighted by Gasteiger charge is 2.10. The zero-order valence-electron chi connectivity index (χ0n) is 11.7. The molecule has 0 heterocycles. The Morgan fingerprint density at radius 1 is 1.15 bits per heavy atom. The molecule has 0 fully saturated rings. The smallest absolute Gasteiger partial charge is 0.211 e. The minimum absolute atomic E-state index is 0.0903. The van der Waals surface area contributed by atoms with Crippen LogP contribution in [0.1, 0.15) is 18.4 Å². The molecule has 1 N–H and O–H groups in total.